The van der Waals surface area contributed by atoms with Crippen molar-refractivity contribution in [3.05, 3.63) is 76.6 Å². The maximum absolute atomic E-state index is 14.2. The monoisotopic (exact) mass is 489 g/mol. The third-order valence-corrected chi connectivity index (χ3v) is 6.14. The molecule has 0 radical (unpaired) electrons. The van der Waals surface area contributed by atoms with Crippen LogP contribution in [-0.2, 0) is 11.3 Å². The zero-order valence-electron chi connectivity index (χ0n) is 19.2. The predicted octanol–water partition coefficient (Wildman–Crippen LogP) is 5.91. The molecule has 5 rings (SSSR count). The van der Waals surface area contributed by atoms with Crippen LogP contribution >= 0.6 is 11.3 Å². The van der Waals surface area contributed by atoms with Gasteiger partial charge >= 0.3 is 0 Å². The first kappa shape index (κ1) is 23.0. The standard InChI is InChI=1S/C25H24FN7OS/c1-17-10-19(18-4-9-35-16-18)12-22(11-17)30-21-3-2-20(27-13-21)14-29-32-25-28-15-23(26)24(31-25)33-5-7-34-8-6-33/h2-4,9-13,15-16,30H,5-8,14H2,1H3. The van der Waals surface area contributed by atoms with E-state index in [1.807, 2.05) is 17.0 Å². The number of ether oxygens (including phenoxy) is 1. The molecule has 4 heterocycles. The van der Waals surface area contributed by atoms with Crippen LogP contribution in [0.4, 0.5) is 27.5 Å². The van der Waals surface area contributed by atoms with E-state index >= 15 is 0 Å². The summed E-state index contributed by atoms with van der Waals surface area (Å²) in [6.07, 6.45) is 2.89. The Labute approximate surface area is 206 Å². The Balaban J connectivity index is 1.22. The molecule has 1 aliphatic rings. The summed E-state index contributed by atoms with van der Waals surface area (Å²) < 4.78 is 19.5. The fourth-order valence-corrected chi connectivity index (χ4v) is 4.44. The van der Waals surface area contributed by atoms with Crippen LogP contribution in [0.2, 0.25) is 0 Å². The molecule has 0 amide bonds. The topological polar surface area (TPSA) is 87.9 Å². The molecule has 1 aliphatic heterocycles. The maximum Gasteiger partial charge on any atom is 0.270 e. The van der Waals surface area contributed by atoms with Gasteiger partial charge in [-0.1, -0.05) is 6.07 Å². The molecule has 1 fully saturated rings. The zero-order chi connectivity index (χ0) is 24.0. The molecular weight excluding hydrogens is 465 g/mol. The van der Waals surface area contributed by atoms with Crippen molar-refractivity contribution in [3.63, 3.8) is 0 Å². The predicted molar refractivity (Wildman–Crippen MR) is 135 cm³/mol. The molecule has 1 saturated heterocycles. The van der Waals surface area contributed by atoms with E-state index in [2.05, 4.69) is 72.4 Å². The number of benzene rings is 1. The molecule has 0 unspecified atom stereocenters. The van der Waals surface area contributed by atoms with Crippen molar-refractivity contribution in [2.24, 2.45) is 10.2 Å². The molecule has 8 nitrogen and oxygen atoms in total. The summed E-state index contributed by atoms with van der Waals surface area (Å²) in [6.45, 7) is 4.58. The van der Waals surface area contributed by atoms with Crippen LogP contribution in [0.5, 0.6) is 0 Å². The van der Waals surface area contributed by atoms with E-state index in [1.54, 1.807) is 17.5 Å². The molecule has 1 N–H and O–H groups in total. The second-order valence-corrected chi connectivity index (χ2v) is 8.88. The Kier molecular flexibility index (Phi) is 7.01. The number of aromatic nitrogens is 3. The highest BCUT2D eigenvalue weighted by molar-refractivity contribution is 7.08. The van der Waals surface area contributed by atoms with Gasteiger partial charge in [0.25, 0.3) is 5.95 Å². The molecule has 0 aliphatic carbocycles. The van der Waals surface area contributed by atoms with Gasteiger partial charge in [0.15, 0.2) is 11.6 Å². The molecule has 10 heteroatoms. The van der Waals surface area contributed by atoms with Crippen molar-refractivity contribution in [2.45, 2.75) is 13.5 Å². The second kappa shape index (κ2) is 10.7. The van der Waals surface area contributed by atoms with Crippen molar-refractivity contribution < 1.29 is 9.13 Å². The van der Waals surface area contributed by atoms with E-state index in [1.165, 1.54) is 16.7 Å². The Morgan fingerprint density at radius 3 is 2.71 bits per heavy atom. The number of halogens is 1. The van der Waals surface area contributed by atoms with Gasteiger partial charge in [0.05, 0.1) is 37.0 Å². The molecule has 0 bridgehead atoms. The summed E-state index contributed by atoms with van der Waals surface area (Å²) >= 11 is 1.69. The molecular formula is C25H24FN7OS. The lowest BCUT2D eigenvalue weighted by Gasteiger charge is -2.27. The number of thiophene rings is 1. The number of anilines is 3. The SMILES string of the molecule is Cc1cc(Nc2ccc(CN=Nc3ncc(F)c(N4CCOCC4)n3)nc2)cc(-c2ccsc2)c1. The largest absolute Gasteiger partial charge is 0.378 e. The van der Waals surface area contributed by atoms with Gasteiger partial charge in [-0.2, -0.15) is 21.4 Å². The van der Waals surface area contributed by atoms with Crippen LogP contribution in [0.1, 0.15) is 11.3 Å². The normalized spacial score (nSPS) is 13.9. The highest BCUT2D eigenvalue weighted by Gasteiger charge is 2.17. The van der Waals surface area contributed by atoms with E-state index in [0.717, 1.165) is 23.3 Å². The Morgan fingerprint density at radius 1 is 1.06 bits per heavy atom. The summed E-state index contributed by atoms with van der Waals surface area (Å²) in [5.41, 5.74) is 6.20. The first-order valence-corrected chi connectivity index (χ1v) is 12.2. The highest BCUT2D eigenvalue weighted by atomic mass is 32.1. The van der Waals surface area contributed by atoms with Crippen LogP contribution < -0.4 is 10.2 Å². The minimum atomic E-state index is -0.480. The lowest BCUT2D eigenvalue weighted by molar-refractivity contribution is 0.122. The van der Waals surface area contributed by atoms with Gasteiger partial charge in [0.2, 0.25) is 0 Å². The van der Waals surface area contributed by atoms with Gasteiger partial charge in [-0.15, -0.1) is 5.11 Å². The molecule has 1 aromatic carbocycles. The summed E-state index contributed by atoms with van der Waals surface area (Å²) in [5, 5.41) is 15.8. The number of aryl methyl sites for hydroxylation is 1. The van der Waals surface area contributed by atoms with Crippen LogP contribution in [0, 0.1) is 12.7 Å². The van der Waals surface area contributed by atoms with Crippen LogP contribution in [-0.4, -0.2) is 41.3 Å². The third kappa shape index (κ3) is 5.84. The number of hydrogen-bond donors (Lipinski definition) is 1. The molecule has 0 saturated carbocycles. The van der Waals surface area contributed by atoms with E-state index < -0.39 is 5.82 Å². The summed E-state index contributed by atoms with van der Waals surface area (Å²) in [5.74, 6) is -0.136. The maximum atomic E-state index is 14.2. The van der Waals surface area contributed by atoms with Gasteiger partial charge in [-0.05, 0) is 64.7 Å². The minimum absolute atomic E-state index is 0.118. The van der Waals surface area contributed by atoms with Gasteiger partial charge in [-0.25, -0.2) is 9.37 Å². The second-order valence-electron chi connectivity index (χ2n) is 8.10. The fourth-order valence-electron chi connectivity index (χ4n) is 3.77. The number of nitrogens with zero attached hydrogens (tertiary/aromatic N) is 6. The number of hydrogen-bond acceptors (Lipinski definition) is 9. The van der Waals surface area contributed by atoms with Crippen LogP contribution in [0.15, 0.2) is 69.8 Å². The number of nitrogens with one attached hydrogen (secondary N) is 1. The lowest BCUT2D eigenvalue weighted by Crippen LogP contribution is -2.37. The van der Waals surface area contributed by atoms with Crippen molar-refractivity contribution >= 4 is 34.5 Å². The Hall–Kier alpha value is -3.76. The van der Waals surface area contributed by atoms with Gasteiger partial charge in [0, 0.05) is 18.8 Å². The highest BCUT2D eigenvalue weighted by Crippen LogP contribution is 2.28. The molecule has 178 valence electrons. The van der Waals surface area contributed by atoms with Crippen LogP contribution in [0.3, 0.4) is 0 Å². The third-order valence-electron chi connectivity index (χ3n) is 5.46. The number of azo groups is 1. The summed E-state index contributed by atoms with van der Waals surface area (Å²) in [6, 6.07) is 12.4. The first-order valence-electron chi connectivity index (χ1n) is 11.2. The molecule has 0 spiro atoms. The molecule has 4 aromatic rings. The summed E-state index contributed by atoms with van der Waals surface area (Å²) in [7, 11) is 0. The van der Waals surface area contributed by atoms with Crippen molar-refractivity contribution in [1.82, 2.24) is 15.0 Å². The molecule has 3 aromatic heterocycles. The first-order chi connectivity index (χ1) is 17.1. The van der Waals surface area contributed by atoms with Crippen LogP contribution in [0.25, 0.3) is 11.1 Å². The van der Waals surface area contributed by atoms with E-state index in [-0.39, 0.29) is 18.3 Å². The Morgan fingerprint density at radius 2 is 1.94 bits per heavy atom. The average molecular weight is 490 g/mol. The van der Waals surface area contributed by atoms with E-state index in [4.69, 9.17) is 4.74 Å². The van der Waals surface area contributed by atoms with Gasteiger partial charge in [-0.3, -0.25) is 4.98 Å². The van der Waals surface area contributed by atoms with Gasteiger partial charge < -0.3 is 15.0 Å². The molecule has 0 atom stereocenters. The smallest absolute Gasteiger partial charge is 0.270 e. The lowest BCUT2D eigenvalue weighted by atomic mass is 10.1. The average Bonchev–Trinajstić information content (AvgIpc) is 3.42. The van der Waals surface area contributed by atoms with E-state index in [0.29, 0.717) is 26.3 Å². The number of rotatable bonds is 7. The number of pyridine rings is 1. The summed E-state index contributed by atoms with van der Waals surface area (Å²) in [4.78, 5) is 14.4. The quantitative estimate of drug-likeness (QED) is 0.325. The minimum Gasteiger partial charge on any atom is -0.378 e. The van der Waals surface area contributed by atoms with Crippen molar-refractivity contribution in [2.75, 3.05) is 36.5 Å². The van der Waals surface area contributed by atoms with Crippen molar-refractivity contribution in [1.29, 1.82) is 0 Å². The van der Waals surface area contributed by atoms with Crippen molar-refractivity contribution in [3.8, 4) is 11.1 Å². The Bertz CT molecular complexity index is 1310. The fraction of sp³-hybridized carbons (Fsp3) is 0.240. The molecule has 35 heavy (non-hydrogen) atoms. The van der Waals surface area contributed by atoms with E-state index in [9.17, 15) is 4.39 Å². The zero-order valence-corrected chi connectivity index (χ0v) is 20.0. The van der Waals surface area contributed by atoms with Gasteiger partial charge in [0.1, 0.15) is 6.54 Å². The number of morpholine rings is 1.